The molecule has 3 aromatic carbocycles. The highest BCUT2D eigenvalue weighted by molar-refractivity contribution is 6.91. The Morgan fingerprint density at radius 2 is 1.78 bits per heavy atom. The van der Waals surface area contributed by atoms with Crippen molar-refractivity contribution in [2.75, 3.05) is 30.5 Å². The Morgan fingerprint density at radius 3 is 2.43 bits per heavy atom. The molecule has 0 aromatic heterocycles. The number of rotatable bonds is 10. The molecule has 1 spiro atoms. The summed E-state index contributed by atoms with van der Waals surface area (Å²) in [7, 11) is -0.787. The van der Waals surface area contributed by atoms with E-state index in [4.69, 9.17) is 9.47 Å². The molecule has 0 radical (unpaired) electrons. The molecule has 49 heavy (non-hydrogen) atoms. The van der Waals surface area contributed by atoms with E-state index in [2.05, 4.69) is 37.5 Å². The maximum absolute atomic E-state index is 15.0. The number of aliphatic hydroxyl groups excluding tert-OH is 2. The van der Waals surface area contributed by atoms with Gasteiger partial charge in [0.05, 0.1) is 52.6 Å². The summed E-state index contributed by atoms with van der Waals surface area (Å²) in [6, 6.07) is 23.0. The average molecular weight is 686 g/mol. The van der Waals surface area contributed by atoms with Gasteiger partial charge in [0.1, 0.15) is 11.9 Å². The fraction of sp³-hybridized carbons (Fsp3) is 0.447. The normalized spacial score (nSPS) is 25.5. The quantitative estimate of drug-likeness (QED) is 0.274. The average Bonchev–Trinajstić information content (AvgIpc) is 3.76. The van der Waals surface area contributed by atoms with Gasteiger partial charge >= 0.3 is 0 Å². The van der Waals surface area contributed by atoms with E-state index in [0.29, 0.717) is 12.2 Å². The molecule has 6 atom stereocenters. The number of carbonyl (C=O) groups excluding carboxylic acids is 3. The van der Waals surface area contributed by atoms with Crippen LogP contribution in [0.15, 0.2) is 72.8 Å². The number of amides is 3. The minimum Gasteiger partial charge on any atom is -0.497 e. The van der Waals surface area contributed by atoms with E-state index >= 15 is 0 Å². The van der Waals surface area contributed by atoms with Gasteiger partial charge in [-0.15, -0.1) is 0 Å². The number of fused-ring (bicyclic) bond motifs is 2. The number of likely N-dealkylation sites (tertiary alicyclic amines) is 1. The number of methoxy groups -OCH3 is 1. The lowest BCUT2D eigenvalue weighted by Crippen LogP contribution is -2.52. The molecule has 11 heteroatoms. The van der Waals surface area contributed by atoms with Crippen LogP contribution in [0.2, 0.25) is 18.6 Å². The van der Waals surface area contributed by atoms with E-state index in [9.17, 15) is 24.6 Å². The lowest BCUT2D eigenvalue weighted by Gasteiger charge is -2.37. The summed E-state index contributed by atoms with van der Waals surface area (Å²) in [5, 5.41) is 23.4. The van der Waals surface area contributed by atoms with E-state index in [1.165, 1.54) is 12.1 Å². The number of para-hydroxylation sites is 1. The molecule has 3 aromatic rings. The van der Waals surface area contributed by atoms with Gasteiger partial charge in [-0.2, -0.15) is 0 Å². The third kappa shape index (κ3) is 6.18. The zero-order valence-electron chi connectivity index (χ0n) is 28.9. The van der Waals surface area contributed by atoms with Crippen molar-refractivity contribution in [3.05, 3.63) is 83.9 Å². The molecule has 3 N–H and O–H groups in total. The van der Waals surface area contributed by atoms with Gasteiger partial charge in [0, 0.05) is 23.7 Å². The van der Waals surface area contributed by atoms with Gasteiger partial charge in [-0.3, -0.25) is 14.4 Å². The van der Waals surface area contributed by atoms with E-state index < -0.39 is 31.8 Å². The van der Waals surface area contributed by atoms with Crippen LogP contribution in [-0.4, -0.2) is 79.4 Å². The maximum atomic E-state index is 15.0. The van der Waals surface area contributed by atoms with Crippen molar-refractivity contribution in [1.82, 2.24) is 4.90 Å². The van der Waals surface area contributed by atoms with Crippen molar-refractivity contribution >= 4 is 42.4 Å². The molecule has 3 heterocycles. The van der Waals surface area contributed by atoms with Crippen LogP contribution in [0.1, 0.15) is 44.2 Å². The van der Waals surface area contributed by atoms with E-state index in [-0.39, 0.29) is 48.9 Å². The van der Waals surface area contributed by atoms with Crippen molar-refractivity contribution in [3.63, 3.8) is 0 Å². The van der Waals surface area contributed by atoms with Gasteiger partial charge in [0.15, 0.2) is 5.60 Å². The predicted octanol–water partition coefficient (Wildman–Crippen LogP) is 4.15. The third-order valence-corrected chi connectivity index (χ3v) is 15.3. The molecular weight excluding hydrogens is 639 g/mol. The molecule has 2 fully saturated rings. The number of nitrogens with zero attached hydrogens (tertiary/aromatic N) is 2. The largest absolute Gasteiger partial charge is 0.497 e. The first-order valence-corrected chi connectivity index (χ1v) is 20.2. The maximum Gasteiger partial charge on any atom is 0.264 e. The van der Waals surface area contributed by atoms with Crippen LogP contribution < -0.4 is 20.1 Å². The highest BCUT2D eigenvalue weighted by Crippen LogP contribution is 2.60. The number of hydrogen-bond donors (Lipinski definition) is 3. The van der Waals surface area contributed by atoms with E-state index in [0.717, 1.165) is 35.4 Å². The van der Waals surface area contributed by atoms with Gasteiger partial charge in [0.25, 0.3) is 11.8 Å². The molecule has 6 rings (SSSR count). The van der Waals surface area contributed by atoms with Gasteiger partial charge in [-0.25, -0.2) is 0 Å². The SMILES string of the molecule is COc1ccc([Si](C)(C)[C@@H]2[C@@H](CC(=O)N3CCC[C@H]3CO)O[C@]3(C(=O)N(Cc4ccc(NC(=O)[C@H](C)O)cc4)c4ccccc43)[C@H]2C)cc1. The highest BCUT2D eigenvalue weighted by Gasteiger charge is 2.66. The fourth-order valence-electron chi connectivity index (χ4n) is 8.39. The van der Waals surface area contributed by atoms with Crippen molar-refractivity contribution < 1.29 is 34.1 Å². The number of benzene rings is 3. The first-order valence-electron chi connectivity index (χ1n) is 17.1. The Hall–Kier alpha value is -4.03. The van der Waals surface area contributed by atoms with Gasteiger partial charge in [0.2, 0.25) is 5.91 Å². The van der Waals surface area contributed by atoms with Gasteiger partial charge < -0.3 is 34.8 Å². The van der Waals surface area contributed by atoms with Crippen molar-refractivity contribution in [2.45, 2.75) is 82.1 Å². The number of ether oxygens (including phenoxy) is 2. The minimum absolute atomic E-state index is 0.0475. The van der Waals surface area contributed by atoms with Crippen molar-refractivity contribution in [1.29, 1.82) is 0 Å². The first-order chi connectivity index (χ1) is 23.4. The summed E-state index contributed by atoms with van der Waals surface area (Å²) >= 11 is 0. The second-order valence-electron chi connectivity index (χ2n) is 14.2. The van der Waals surface area contributed by atoms with Crippen LogP contribution in [-0.2, 0) is 31.3 Å². The Labute approximate surface area is 289 Å². The highest BCUT2D eigenvalue weighted by atomic mass is 28.3. The molecule has 0 bridgehead atoms. The van der Waals surface area contributed by atoms with Crippen LogP contribution in [0.3, 0.4) is 0 Å². The second kappa shape index (κ2) is 13.7. The van der Waals surface area contributed by atoms with Crippen LogP contribution in [0.4, 0.5) is 11.4 Å². The van der Waals surface area contributed by atoms with Crippen LogP contribution in [0.5, 0.6) is 5.75 Å². The van der Waals surface area contributed by atoms with E-state index in [1.807, 2.05) is 48.5 Å². The molecule has 0 unspecified atom stereocenters. The summed E-state index contributed by atoms with van der Waals surface area (Å²) in [6.07, 6.45) is 0.121. The summed E-state index contributed by atoms with van der Waals surface area (Å²) in [5.74, 6) is -0.176. The third-order valence-electron chi connectivity index (χ3n) is 11.0. The summed E-state index contributed by atoms with van der Waals surface area (Å²) in [4.78, 5) is 44.4. The number of hydrogen-bond acceptors (Lipinski definition) is 7. The predicted molar refractivity (Wildman–Crippen MR) is 190 cm³/mol. The minimum atomic E-state index is -2.43. The van der Waals surface area contributed by atoms with Gasteiger partial charge in [-0.05, 0) is 61.2 Å². The molecule has 260 valence electrons. The first kappa shape index (κ1) is 34.8. The topological polar surface area (TPSA) is 129 Å². The van der Waals surface area contributed by atoms with Crippen LogP contribution >= 0.6 is 0 Å². The number of nitrogens with one attached hydrogen (secondary N) is 1. The summed E-state index contributed by atoms with van der Waals surface area (Å²) in [6.45, 7) is 8.94. The van der Waals surface area contributed by atoms with Crippen molar-refractivity contribution in [3.8, 4) is 5.75 Å². The zero-order valence-corrected chi connectivity index (χ0v) is 29.9. The molecule has 2 saturated heterocycles. The number of carbonyl (C=O) groups is 3. The summed E-state index contributed by atoms with van der Waals surface area (Å²) in [5.41, 5.74) is 1.63. The zero-order chi connectivity index (χ0) is 35.1. The Kier molecular flexibility index (Phi) is 9.74. The van der Waals surface area contributed by atoms with Crippen molar-refractivity contribution in [2.24, 2.45) is 5.92 Å². The molecule has 0 aliphatic carbocycles. The number of anilines is 2. The lowest BCUT2D eigenvalue weighted by atomic mass is 9.82. The molecule has 10 nitrogen and oxygen atoms in total. The Balaban J connectivity index is 1.36. The molecule has 3 amide bonds. The standard InChI is InChI=1S/C38H47N3O7Si/c1-24-35(49(4,5)30-18-16-29(47-3)17-19-30)33(21-34(44)40-20-8-9-28(40)23-42)48-38(24)31-10-6-7-11-32(31)41(37(38)46)22-26-12-14-27(15-13-26)39-36(45)25(2)43/h6-7,10-19,24-25,28,33,35,42-43H,8-9,20-23H2,1-5H3,(H,39,45)/t24-,25-,28-,33+,35-,38+/m0/s1. The van der Waals surface area contributed by atoms with Crippen LogP contribution in [0, 0.1) is 5.92 Å². The fourth-order valence-corrected chi connectivity index (χ4v) is 12.4. The summed E-state index contributed by atoms with van der Waals surface area (Å²) < 4.78 is 12.6. The van der Waals surface area contributed by atoms with Gasteiger partial charge in [-0.1, -0.05) is 67.7 Å². The second-order valence-corrected chi connectivity index (χ2v) is 18.9. The molecule has 3 aliphatic rings. The lowest BCUT2D eigenvalue weighted by molar-refractivity contribution is -0.150. The monoisotopic (exact) mass is 685 g/mol. The Morgan fingerprint density at radius 1 is 1.08 bits per heavy atom. The van der Waals surface area contributed by atoms with Crippen LogP contribution in [0.25, 0.3) is 0 Å². The smallest absolute Gasteiger partial charge is 0.264 e. The molecule has 0 saturated carbocycles. The van der Waals surface area contributed by atoms with E-state index in [1.54, 1.807) is 29.0 Å². The molecule has 3 aliphatic heterocycles. The number of aliphatic hydroxyl groups is 2. The Bertz CT molecular complexity index is 1700. The molecular formula is C38H47N3O7Si.